The molecule has 8 heteroatoms. The van der Waals surface area contributed by atoms with Gasteiger partial charge in [-0.15, -0.1) is 0 Å². The van der Waals surface area contributed by atoms with E-state index >= 15 is 0 Å². The smallest absolute Gasteiger partial charge is 0.220 e. The highest BCUT2D eigenvalue weighted by atomic mass is 16.5. The van der Waals surface area contributed by atoms with Crippen molar-refractivity contribution in [2.45, 2.75) is 19.4 Å². The van der Waals surface area contributed by atoms with Crippen molar-refractivity contribution < 1.29 is 9.53 Å². The van der Waals surface area contributed by atoms with Gasteiger partial charge in [0.2, 0.25) is 5.91 Å². The van der Waals surface area contributed by atoms with E-state index in [1.807, 2.05) is 39.3 Å². The lowest BCUT2D eigenvalue weighted by Crippen LogP contribution is -2.25. The Kier molecular flexibility index (Phi) is 4.16. The monoisotopic (exact) mass is 404 g/mol. The number of nitrogens with two attached hydrogens (primary N) is 1. The number of carbonyl (C=O) groups excluding carboxylic acids is 1. The van der Waals surface area contributed by atoms with Crippen molar-refractivity contribution in [2.75, 3.05) is 12.3 Å². The Morgan fingerprint density at radius 3 is 2.77 bits per heavy atom. The molecule has 1 aliphatic rings. The minimum atomic E-state index is -0.0981. The first-order valence-electron chi connectivity index (χ1n) is 10.0. The molecule has 1 aliphatic heterocycles. The number of carbonyl (C=O) groups is 1. The van der Waals surface area contributed by atoms with Crippen LogP contribution in [0.4, 0.5) is 5.82 Å². The molecule has 2 atom stereocenters. The molecule has 0 spiro atoms. The van der Waals surface area contributed by atoms with E-state index in [4.69, 9.17) is 10.5 Å². The van der Waals surface area contributed by atoms with Gasteiger partial charge in [-0.2, -0.15) is 10.2 Å². The Morgan fingerprint density at radius 1 is 1.17 bits per heavy atom. The van der Waals surface area contributed by atoms with Gasteiger partial charge in [0.05, 0.1) is 16.4 Å². The lowest BCUT2D eigenvalue weighted by molar-refractivity contribution is -0.119. The molecule has 1 fully saturated rings. The second-order valence-electron chi connectivity index (χ2n) is 8.04. The van der Waals surface area contributed by atoms with Crippen molar-refractivity contribution in [2.24, 2.45) is 20.0 Å². The average Bonchev–Trinajstić information content (AvgIpc) is 3.39. The highest BCUT2D eigenvalue weighted by molar-refractivity contribution is 5.95. The van der Waals surface area contributed by atoms with E-state index in [0.29, 0.717) is 18.8 Å². The molecule has 30 heavy (non-hydrogen) atoms. The summed E-state index contributed by atoms with van der Waals surface area (Å²) in [7, 11) is 3.78. The zero-order valence-electron chi connectivity index (χ0n) is 17.2. The fraction of sp³-hybridized carbons (Fsp3) is 0.318. The second-order valence-corrected chi connectivity index (χ2v) is 8.04. The molecule has 1 saturated heterocycles. The van der Waals surface area contributed by atoms with E-state index < -0.39 is 0 Å². The third kappa shape index (κ3) is 3.04. The summed E-state index contributed by atoms with van der Waals surface area (Å²) < 4.78 is 9.93. The van der Waals surface area contributed by atoms with Crippen LogP contribution in [0.3, 0.4) is 0 Å². The number of hydrogen-bond donors (Lipinski definition) is 2. The van der Waals surface area contributed by atoms with Gasteiger partial charge in [0, 0.05) is 44.6 Å². The lowest BCUT2D eigenvalue weighted by Gasteiger charge is -2.20. The number of aromatic nitrogens is 4. The second kappa shape index (κ2) is 6.76. The molecule has 3 heterocycles. The van der Waals surface area contributed by atoms with E-state index in [9.17, 15) is 4.79 Å². The summed E-state index contributed by atoms with van der Waals surface area (Å²) >= 11 is 0. The third-order valence-electron chi connectivity index (χ3n) is 5.90. The van der Waals surface area contributed by atoms with E-state index in [1.165, 1.54) is 0 Å². The molecule has 0 saturated carbocycles. The van der Waals surface area contributed by atoms with Gasteiger partial charge in [-0.3, -0.25) is 14.2 Å². The Balaban J connectivity index is 1.58. The molecule has 0 bridgehead atoms. The lowest BCUT2D eigenvalue weighted by atomic mass is 10.0. The van der Waals surface area contributed by atoms with E-state index in [2.05, 4.69) is 33.7 Å². The van der Waals surface area contributed by atoms with Gasteiger partial charge in [-0.05, 0) is 42.3 Å². The van der Waals surface area contributed by atoms with Crippen molar-refractivity contribution >= 4 is 33.5 Å². The first kappa shape index (κ1) is 18.5. The van der Waals surface area contributed by atoms with Crippen LogP contribution in [0.1, 0.15) is 13.3 Å². The number of nitrogens with one attached hydrogen (secondary N) is 1. The van der Waals surface area contributed by atoms with E-state index in [-0.39, 0.29) is 17.9 Å². The predicted molar refractivity (Wildman–Crippen MR) is 116 cm³/mol. The van der Waals surface area contributed by atoms with Gasteiger partial charge in [-0.1, -0.05) is 6.07 Å². The number of aryl methyl sites for hydroxylation is 2. The summed E-state index contributed by atoms with van der Waals surface area (Å²) in [5.74, 6) is 1.51. The zero-order chi connectivity index (χ0) is 21.0. The molecule has 4 aromatic rings. The number of fused-ring (bicyclic) bond motifs is 2. The molecular formula is C22H24N6O2. The number of amides is 1. The van der Waals surface area contributed by atoms with Crippen LogP contribution in [0.5, 0.6) is 5.75 Å². The van der Waals surface area contributed by atoms with Crippen LogP contribution >= 0.6 is 0 Å². The minimum Gasteiger partial charge on any atom is -0.490 e. The average molecular weight is 404 g/mol. The Labute approximate surface area is 173 Å². The van der Waals surface area contributed by atoms with Crippen LogP contribution in [-0.2, 0) is 18.9 Å². The van der Waals surface area contributed by atoms with E-state index in [1.54, 1.807) is 9.36 Å². The zero-order valence-corrected chi connectivity index (χ0v) is 17.2. The number of ether oxygens (including phenoxy) is 1. The standard InChI is InChI=1S/C22H24N6O2/c1-12(15-9-21(29)24-10-15)30-20-8-14(7-18-17(20)11-27(2)25-18)13-4-5-19-16(6-13)22(23)26-28(19)3/h4-8,11-12,15H,9-10H2,1-3H3,(H2,23,26)(H,24,29)/t12-,15?/m1/s1. The minimum absolute atomic E-state index is 0.0816. The summed E-state index contributed by atoms with van der Waals surface area (Å²) in [6.07, 6.45) is 2.36. The van der Waals surface area contributed by atoms with Crippen molar-refractivity contribution in [3.05, 3.63) is 36.5 Å². The van der Waals surface area contributed by atoms with Gasteiger partial charge in [0.25, 0.3) is 0 Å². The Bertz CT molecular complexity index is 1290. The number of hydrogen-bond acceptors (Lipinski definition) is 5. The van der Waals surface area contributed by atoms with Crippen LogP contribution in [-0.4, -0.2) is 38.1 Å². The quantitative estimate of drug-likeness (QED) is 0.545. The molecule has 1 unspecified atom stereocenters. The first-order chi connectivity index (χ1) is 14.4. The maximum Gasteiger partial charge on any atom is 0.220 e. The van der Waals surface area contributed by atoms with Crippen molar-refractivity contribution in [3.63, 3.8) is 0 Å². The van der Waals surface area contributed by atoms with Gasteiger partial charge in [0.15, 0.2) is 5.82 Å². The van der Waals surface area contributed by atoms with Gasteiger partial charge >= 0.3 is 0 Å². The normalized spacial score (nSPS) is 17.6. The molecule has 0 radical (unpaired) electrons. The van der Waals surface area contributed by atoms with Crippen LogP contribution in [0.15, 0.2) is 36.5 Å². The maximum absolute atomic E-state index is 11.6. The van der Waals surface area contributed by atoms with E-state index in [0.717, 1.165) is 38.7 Å². The third-order valence-corrected chi connectivity index (χ3v) is 5.90. The maximum atomic E-state index is 11.6. The number of anilines is 1. The molecule has 5 rings (SSSR count). The van der Waals surface area contributed by atoms with Crippen LogP contribution in [0.25, 0.3) is 32.9 Å². The number of benzene rings is 2. The fourth-order valence-electron chi connectivity index (χ4n) is 4.20. The highest BCUT2D eigenvalue weighted by Gasteiger charge is 2.28. The first-order valence-corrected chi connectivity index (χ1v) is 10.0. The van der Waals surface area contributed by atoms with Crippen molar-refractivity contribution in [3.8, 4) is 16.9 Å². The van der Waals surface area contributed by atoms with Crippen molar-refractivity contribution in [1.82, 2.24) is 24.9 Å². The van der Waals surface area contributed by atoms with Gasteiger partial charge in [-0.25, -0.2) is 0 Å². The summed E-state index contributed by atoms with van der Waals surface area (Å²) in [6, 6.07) is 10.2. The Morgan fingerprint density at radius 2 is 2.00 bits per heavy atom. The largest absolute Gasteiger partial charge is 0.490 e. The predicted octanol–water partition coefficient (Wildman–Crippen LogP) is 2.61. The topological polar surface area (TPSA) is 100.0 Å². The van der Waals surface area contributed by atoms with Crippen molar-refractivity contribution in [1.29, 1.82) is 0 Å². The molecular weight excluding hydrogens is 380 g/mol. The molecule has 1 amide bonds. The summed E-state index contributed by atoms with van der Waals surface area (Å²) in [5.41, 5.74) is 9.95. The summed E-state index contributed by atoms with van der Waals surface area (Å²) in [6.45, 7) is 2.66. The van der Waals surface area contributed by atoms with Crippen LogP contribution in [0.2, 0.25) is 0 Å². The molecule has 2 aromatic heterocycles. The highest BCUT2D eigenvalue weighted by Crippen LogP contribution is 2.35. The Hall–Kier alpha value is -3.55. The van der Waals surface area contributed by atoms with Gasteiger partial charge in [0.1, 0.15) is 11.9 Å². The molecule has 3 N–H and O–H groups in total. The molecule has 8 nitrogen and oxygen atoms in total. The molecule has 0 aliphatic carbocycles. The summed E-state index contributed by atoms with van der Waals surface area (Å²) in [5, 5.41) is 13.7. The van der Waals surface area contributed by atoms with Crippen LogP contribution in [0, 0.1) is 5.92 Å². The molecule has 154 valence electrons. The number of nitrogens with zero attached hydrogens (tertiary/aromatic N) is 4. The van der Waals surface area contributed by atoms with Gasteiger partial charge < -0.3 is 15.8 Å². The molecule has 2 aromatic carbocycles. The fourth-order valence-corrected chi connectivity index (χ4v) is 4.20. The number of nitrogen functional groups attached to an aromatic ring is 1. The SMILES string of the molecule is C[C@@H](Oc1cc(-c2ccc3c(c2)c(N)nn3C)cc2nn(C)cc12)C1CNC(=O)C1. The number of rotatable bonds is 4. The van der Waals surface area contributed by atoms with Crippen LogP contribution < -0.4 is 15.8 Å². The summed E-state index contributed by atoms with van der Waals surface area (Å²) in [4.78, 5) is 11.6.